The lowest BCUT2D eigenvalue weighted by atomic mass is 9.44. The van der Waals surface area contributed by atoms with Gasteiger partial charge in [-0.15, -0.1) is 0 Å². The number of fused-ring (bicyclic) bond motifs is 5. The molecule has 13 nitrogen and oxygen atoms in total. The van der Waals surface area contributed by atoms with Gasteiger partial charge in [0.05, 0.1) is 18.3 Å². The third-order valence-electron chi connectivity index (χ3n) is 12.0. The molecule has 4 aliphatic rings. The molecular weight excluding hydrogens is 695 g/mol. The van der Waals surface area contributed by atoms with E-state index < -0.39 is 100 Å². The maximum Gasteiger partial charge on any atom is 0.514 e. The number of phenolic OH excluding ortho intramolecular Hbond substituents is 2. The zero-order chi connectivity index (χ0) is 38.9. The third-order valence-corrected chi connectivity index (χ3v) is 12.0. The van der Waals surface area contributed by atoms with Gasteiger partial charge in [-0.2, -0.15) is 0 Å². The van der Waals surface area contributed by atoms with Crippen molar-refractivity contribution < 1.29 is 67.7 Å². The first-order valence-corrected chi connectivity index (χ1v) is 18.3. The minimum Gasteiger partial charge on any atom is -0.504 e. The Balaban J connectivity index is 1.41. The third kappa shape index (κ3) is 6.73. The lowest BCUT2D eigenvalue weighted by molar-refractivity contribution is -0.231. The molecule has 3 fully saturated rings. The van der Waals surface area contributed by atoms with E-state index in [9.17, 15) is 44.4 Å². The minimum atomic E-state index is -2.37. The number of ether oxygens (including phenoxy) is 4. The molecule has 0 heterocycles. The van der Waals surface area contributed by atoms with E-state index in [-0.39, 0.29) is 37.2 Å². The van der Waals surface area contributed by atoms with Crippen LogP contribution in [0, 0.1) is 22.7 Å². The summed E-state index contributed by atoms with van der Waals surface area (Å²) >= 11 is 0. The number of ketones is 2. The molecule has 0 aliphatic heterocycles. The number of phenols is 2. The Morgan fingerprint density at radius 3 is 2.38 bits per heavy atom. The zero-order valence-corrected chi connectivity index (χ0v) is 30.5. The Kier molecular flexibility index (Phi) is 11.5. The van der Waals surface area contributed by atoms with E-state index in [1.165, 1.54) is 18.2 Å². The molecule has 0 aromatic heterocycles. The van der Waals surface area contributed by atoms with Crippen LogP contribution in [0.4, 0.5) is 9.18 Å². The van der Waals surface area contributed by atoms with Gasteiger partial charge in [0.15, 0.2) is 29.6 Å². The van der Waals surface area contributed by atoms with Crippen molar-refractivity contribution in [3.05, 3.63) is 41.5 Å². The van der Waals surface area contributed by atoms with Crippen molar-refractivity contribution >= 4 is 29.7 Å². The summed E-state index contributed by atoms with van der Waals surface area (Å²) in [6, 6.07) is 1.87. The number of rotatable bonds is 13. The number of carbonyl (C=O) groups is 5. The Bertz CT molecular complexity index is 1700. The molecule has 5 rings (SSSR count). The summed E-state index contributed by atoms with van der Waals surface area (Å²) in [7, 11) is 0. The van der Waals surface area contributed by atoms with Crippen LogP contribution in [0.1, 0.15) is 102 Å². The normalized spacial score (nSPS) is 32.8. The lowest BCUT2D eigenvalue weighted by Crippen LogP contribution is -2.70. The summed E-state index contributed by atoms with van der Waals surface area (Å²) in [4.78, 5) is 65.2. The Hall–Kier alpha value is -4.30. The second-order valence-corrected chi connectivity index (χ2v) is 15.1. The first-order valence-electron chi connectivity index (χ1n) is 18.3. The highest BCUT2D eigenvalue weighted by Gasteiger charge is 2.78. The number of aliphatic hydroxyl groups is 2. The fourth-order valence-electron chi connectivity index (χ4n) is 9.25. The molecule has 14 heteroatoms. The monoisotopic (exact) mass is 744 g/mol. The van der Waals surface area contributed by atoms with Crippen molar-refractivity contribution in [2.75, 3.05) is 13.2 Å². The minimum absolute atomic E-state index is 0.102. The fourth-order valence-corrected chi connectivity index (χ4v) is 9.25. The quantitative estimate of drug-likeness (QED) is 0.0663. The topological polar surface area (TPSA) is 203 Å². The van der Waals surface area contributed by atoms with Crippen molar-refractivity contribution in [2.45, 2.75) is 115 Å². The predicted molar refractivity (Wildman–Crippen MR) is 185 cm³/mol. The highest BCUT2D eigenvalue weighted by atomic mass is 19.1. The molecule has 53 heavy (non-hydrogen) atoms. The van der Waals surface area contributed by atoms with Gasteiger partial charge in [0, 0.05) is 23.2 Å². The average molecular weight is 745 g/mol. The number of esters is 2. The molecule has 8 unspecified atom stereocenters. The van der Waals surface area contributed by atoms with Gasteiger partial charge in [-0.1, -0.05) is 51.7 Å². The first-order chi connectivity index (χ1) is 25.0. The maximum atomic E-state index is 17.7. The van der Waals surface area contributed by atoms with Crippen LogP contribution < -0.4 is 4.74 Å². The highest BCUT2D eigenvalue weighted by Crippen LogP contribution is 2.70. The summed E-state index contributed by atoms with van der Waals surface area (Å²) in [5, 5.41) is 44.0. The van der Waals surface area contributed by atoms with Gasteiger partial charge in [-0.3, -0.25) is 14.4 Å². The molecule has 1 aromatic rings. The largest absolute Gasteiger partial charge is 0.514 e. The van der Waals surface area contributed by atoms with Crippen LogP contribution in [-0.2, 0) is 28.6 Å². The number of alkyl halides is 1. The SMILES string of the molecule is CCCCCOC(=O)c1cc(O)c(O)c(OC(=O)OCC(=O)C2(OC(=O)CCCC)C(O)CC3C4CCC5=CC(=O)C=CC5(C)C4(F)C(O)CC32C)c1. The number of halogens is 1. The lowest BCUT2D eigenvalue weighted by Gasteiger charge is -2.62. The first kappa shape index (κ1) is 39.9. The fraction of sp³-hybridized carbons (Fsp3) is 0.615. The van der Waals surface area contributed by atoms with E-state index in [1.807, 2.05) is 13.8 Å². The van der Waals surface area contributed by atoms with E-state index in [2.05, 4.69) is 0 Å². The maximum absolute atomic E-state index is 17.7. The van der Waals surface area contributed by atoms with Gasteiger partial charge < -0.3 is 39.4 Å². The van der Waals surface area contributed by atoms with E-state index in [4.69, 9.17) is 18.9 Å². The van der Waals surface area contributed by atoms with E-state index >= 15 is 4.39 Å². The van der Waals surface area contributed by atoms with Crippen LogP contribution in [0.2, 0.25) is 0 Å². The summed E-state index contributed by atoms with van der Waals surface area (Å²) in [6.07, 6.45) is 2.32. The second kappa shape index (κ2) is 15.2. The number of Topliss-reactive ketones (excluding diaryl/α,β-unsaturated/α-hetero) is 1. The summed E-state index contributed by atoms with van der Waals surface area (Å²) in [5.41, 5.74) is -7.26. The van der Waals surface area contributed by atoms with E-state index in [1.54, 1.807) is 13.8 Å². The van der Waals surface area contributed by atoms with Crippen LogP contribution in [0.25, 0.3) is 0 Å². The summed E-state index contributed by atoms with van der Waals surface area (Å²) in [5.74, 6) is -7.10. The van der Waals surface area contributed by atoms with Crippen molar-refractivity contribution in [3.8, 4) is 17.2 Å². The standard InChI is InChI=1S/C39H49FO13/c1-5-7-9-15-50-34(48)22-16-27(42)33(47)28(17-22)52-35(49)51-21-31(45)39(53-32(46)10-8-6-2)29(43)19-26-25-12-11-23-18-24(41)13-14-36(23,3)38(25,40)30(44)20-37(26,39)4/h13-14,16-18,25-26,29-30,42-44,47H,5-12,15,19-21H2,1-4H3. The molecule has 0 radical (unpaired) electrons. The molecule has 0 spiro atoms. The Morgan fingerprint density at radius 1 is 0.962 bits per heavy atom. The number of hydrogen-bond acceptors (Lipinski definition) is 13. The average Bonchev–Trinajstić information content (AvgIpc) is 3.32. The molecule has 0 saturated heterocycles. The van der Waals surface area contributed by atoms with Crippen LogP contribution in [0.5, 0.6) is 17.2 Å². The van der Waals surface area contributed by atoms with Crippen LogP contribution in [0.3, 0.4) is 0 Å². The molecule has 1 aromatic carbocycles. The molecular formula is C39H49FO13. The van der Waals surface area contributed by atoms with Gasteiger partial charge in [-0.25, -0.2) is 14.0 Å². The molecule has 4 N–H and O–H groups in total. The molecule has 290 valence electrons. The Labute approximate surface area is 307 Å². The van der Waals surface area contributed by atoms with E-state index in [0.29, 0.717) is 31.3 Å². The zero-order valence-electron chi connectivity index (χ0n) is 30.5. The van der Waals surface area contributed by atoms with Crippen molar-refractivity contribution in [3.63, 3.8) is 0 Å². The van der Waals surface area contributed by atoms with E-state index in [0.717, 1.165) is 25.0 Å². The molecule has 3 saturated carbocycles. The van der Waals surface area contributed by atoms with Crippen LogP contribution >= 0.6 is 0 Å². The van der Waals surface area contributed by atoms with Gasteiger partial charge in [-0.05, 0) is 75.7 Å². The van der Waals surface area contributed by atoms with Crippen LogP contribution in [-0.4, -0.2) is 86.8 Å². The highest BCUT2D eigenvalue weighted by molar-refractivity contribution is 6.01. The second-order valence-electron chi connectivity index (χ2n) is 15.1. The van der Waals surface area contributed by atoms with Crippen LogP contribution in [0.15, 0.2) is 35.9 Å². The predicted octanol–water partition coefficient (Wildman–Crippen LogP) is 5.34. The number of aliphatic hydroxyl groups excluding tert-OH is 2. The Morgan fingerprint density at radius 2 is 1.68 bits per heavy atom. The number of unbranched alkanes of at least 4 members (excludes halogenated alkanes) is 3. The number of aromatic hydroxyl groups is 2. The number of allylic oxidation sites excluding steroid dienone is 4. The van der Waals surface area contributed by atoms with Crippen molar-refractivity contribution in [1.29, 1.82) is 0 Å². The van der Waals surface area contributed by atoms with Gasteiger partial charge in [0.1, 0.15) is 6.10 Å². The molecule has 8 atom stereocenters. The van der Waals surface area contributed by atoms with Crippen molar-refractivity contribution in [2.24, 2.45) is 22.7 Å². The molecule has 4 aliphatic carbocycles. The number of benzene rings is 1. The smallest absolute Gasteiger partial charge is 0.504 e. The molecule has 0 bridgehead atoms. The van der Waals surface area contributed by atoms with Gasteiger partial charge >= 0.3 is 18.1 Å². The number of carbonyl (C=O) groups excluding carboxylic acids is 5. The number of hydrogen-bond donors (Lipinski definition) is 4. The molecule has 0 amide bonds. The summed E-state index contributed by atoms with van der Waals surface area (Å²) < 4.78 is 38.9. The van der Waals surface area contributed by atoms with Gasteiger partial charge in [0.25, 0.3) is 0 Å². The summed E-state index contributed by atoms with van der Waals surface area (Å²) in [6.45, 7) is 5.99. The van der Waals surface area contributed by atoms with Gasteiger partial charge in [0.2, 0.25) is 17.1 Å². The van der Waals surface area contributed by atoms with Crippen molar-refractivity contribution in [1.82, 2.24) is 0 Å².